The van der Waals surface area contributed by atoms with Gasteiger partial charge in [0.15, 0.2) is 0 Å². The summed E-state index contributed by atoms with van der Waals surface area (Å²) >= 11 is 0. The lowest BCUT2D eigenvalue weighted by Gasteiger charge is -2.12. The second-order valence-electron chi connectivity index (χ2n) is 4.16. The zero-order chi connectivity index (χ0) is 14.2. The van der Waals surface area contributed by atoms with Crippen molar-refractivity contribution in [3.63, 3.8) is 0 Å². The van der Waals surface area contributed by atoms with Gasteiger partial charge in [-0.1, -0.05) is 0 Å². The summed E-state index contributed by atoms with van der Waals surface area (Å²) < 4.78 is 51.7. The van der Waals surface area contributed by atoms with E-state index < -0.39 is 23.6 Å². The van der Waals surface area contributed by atoms with Gasteiger partial charge >= 0.3 is 6.18 Å². The highest BCUT2D eigenvalue weighted by Gasteiger charge is 2.32. The minimum atomic E-state index is -4.47. The van der Waals surface area contributed by atoms with Gasteiger partial charge in [0, 0.05) is 12.2 Å². The van der Waals surface area contributed by atoms with E-state index in [0.29, 0.717) is 17.4 Å². The first-order valence-electron chi connectivity index (χ1n) is 5.46. The molecule has 2 N–H and O–H groups in total. The third kappa shape index (κ3) is 2.76. The van der Waals surface area contributed by atoms with E-state index in [9.17, 15) is 17.6 Å². The van der Waals surface area contributed by atoms with Crippen molar-refractivity contribution in [2.45, 2.75) is 19.1 Å². The number of alkyl halides is 3. The molecule has 102 valence electrons. The number of rotatable bonds is 2. The highest BCUT2D eigenvalue weighted by molar-refractivity contribution is 5.43. The molecule has 0 aliphatic rings. The molecule has 7 heteroatoms. The van der Waals surface area contributed by atoms with E-state index in [2.05, 4.69) is 5.10 Å². The van der Waals surface area contributed by atoms with Crippen LogP contribution in [0.4, 0.5) is 17.6 Å². The normalized spacial score (nSPS) is 13.6. The van der Waals surface area contributed by atoms with E-state index in [0.717, 1.165) is 16.9 Å². The minimum absolute atomic E-state index is 0.326. The standard InChI is InChI=1S/C12H11F4N3/c1-7(17)10-4-9(13)2-3-11(10)19-6-8(5-18-19)12(14,15)16/h2-7H,17H2,1H3. The fraction of sp³-hybridized carbons (Fsp3) is 0.250. The molecule has 0 aliphatic carbocycles. The lowest BCUT2D eigenvalue weighted by molar-refractivity contribution is -0.137. The van der Waals surface area contributed by atoms with Crippen LogP contribution in [0.25, 0.3) is 5.69 Å². The van der Waals surface area contributed by atoms with Gasteiger partial charge in [0.05, 0.1) is 17.4 Å². The molecule has 1 aromatic heterocycles. The molecule has 0 fully saturated rings. The number of nitrogens with zero attached hydrogens (tertiary/aromatic N) is 2. The van der Waals surface area contributed by atoms with E-state index in [4.69, 9.17) is 5.73 Å². The van der Waals surface area contributed by atoms with Crippen LogP contribution in [-0.4, -0.2) is 9.78 Å². The van der Waals surface area contributed by atoms with Crippen molar-refractivity contribution in [3.05, 3.63) is 47.5 Å². The molecule has 19 heavy (non-hydrogen) atoms. The molecule has 1 heterocycles. The van der Waals surface area contributed by atoms with Crippen molar-refractivity contribution in [3.8, 4) is 5.69 Å². The Morgan fingerprint density at radius 2 is 2.00 bits per heavy atom. The van der Waals surface area contributed by atoms with Crippen LogP contribution in [0.1, 0.15) is 24.1 Å². The molecule has 0 saturated heterocycles. The summed E-state index contributed by atoms with van der Waals surface area (Å²) in [4.78, 5) is 0. The molecule has 1 unspecified atom stereocenters. The predicted octanol–water partition coefficient (Wildman–Crippen LogP) is 3.05. The maximum Gasteiger partial charge on any atom is 0.419 e. The summed E-state index contributed by atoms with van der Waals surface area (Å²) in [5.41, 5.74) is 5.53. The smallest absolute Gasteiger partial charge is 0.324 e. The number of halogens is 4. The van der Waals surface area contributed by atoms with Crippen molar-refractivity contribution in [1.29, 1.82) is 0 Å². The van der Waals surface area contributed by atoms with Crippen molar-refractivity contribution < 1.29 is 17.6 Å². The van der Waals surface area contributed by atoms with Crippen molar-refractivity contribution >= 4 is 0 Å². The first kappa shape index (κ1) is 13.5. The zero-order valence-electron chi connectivity index (χ0n) is 9.95. The van der Waals surface area contributed by atoms with Crippen molar-refractivity contribution in [2.75, 3.05) is 0 Å². The highest BCUT2D eigenvalue weighted by Crippen LogP contribution is 2.30. The molecule has 2 rings (SSSR count). The van der Waals surface area contributed by atoms with Crippen LogP contribution in [0.2, 0.25) is 0 Å². The fourth-order valence-electron chi connectivity index (χ4n) is 1.70. The van der Waals surface area contributed by atoms with E-state index in [1.165, 1.54) is 12.1 Å². The van der Waals surface area contributed by atoms with Gasteiger partial charge in [-0.2, -0.15) is 18.3 Å². The molecule has 1 aromatic carbocycles. The van der Waals surface area contributed by atoms with Crippen LogP contribution in [0.5, 0.6) is 0 Å². The summed E-state index contributed by atoms with van der Waals surface area (Å²) in [5.74, 6) is -0.501. The maximum atomic E-state index is 13.2. The number of hydrogen-bond donors (Lipinski definition) is 1. The van der Waals surface area contributed by atoms with Gasteiger partial charge in [0.1, 0.15) is 5.82 Å². The van der Waals surface area contributed by atoms with E-state index in [1.807, 2.05) is 0 Å². The van der Waals surface area contributed by atoms with Crippen molar-refractivity contribution in [1.82, 2.24) is 9.78 Å². The summed E-state index contributed by atoms with van der Waals surface area (Å²) in [6.45, 7) is 1.62. The highest BCUT2D eigenvalue weighted by atomic mass is 19.4. The quantitative estimate of drug-likeness (QED) is 0.855. The lowest BCUT2D eigenvalue weighted by atomic mass is 10.1. The Bertz CT molecular complexity index is 587. The Morgan fingerprint density at radius 1 is 1.32 bits per heavy atom. The van der Waals surface area contributed by atoms with E-state index >= 15 is 0 Å². The molecule has 2 aromatic rings. The average molecular weight is 273 g/mol. The monoisotopic (exact) mass is 273 g/mol. The molecule has 0 bridgehead atoms. The number of nitrogens with two attached hydrogens (primary N) is 1. The molecule has 0 amide bonds. The molecule has 0 spiro atoms. The van der Waals surface area contributed by atoms with Crippen LogP contribution in [-0.2, 0) is 6.18 Å². The van der Waals surface area contributed by atoms with Crippen LogP contribution in [0.15, 0.2) is 30.6 Å². The summed E-state index contributed by atoms with van der Waals surface area (Å²) in [5, 5.41) is 3.64. The number of aromatic nitrogens is 2. The Labute approximate surface area is 106 Å². The van der Waals surface area contributed by atoms with Crippen molar-refractivity contribution in [2.24, 2.45) is 5.73 Å². The van der Waals surface area contributed by atoms with Gasteiger partial charge in [-0.3, -0.25) is 0 Å². The first-order chi connectivity index (χ1) is 8.79. The molecular formula is C12H11F4N3. The molecular weight excluding hydrogens is 262 g/mol. The Kier molecular flexibility index (Phi) is 3.32. The first-order valence-corrected chi connectivity index (χ1v) is 5.46. The Morgan fingerprint density at radius 3 is 2.53 bits per heavy atom. The van der Waals surface area contributed by atoms with Crippen LogP contribution in [0, 0.1) is 5.82 Å². The minimum Gasteiger partial charge on any atom is -0.324 e. The number of benzene rings is 1. The SMILES string of the molecule is CC(N)c1cc(F)ccc1-n1cc(C(F)(F)F)cn1. The second-order valence-corrected chi connectivity index (χ2v) is 4.16. The van der Waals surface area contributed by atoms with Crippen LogP contribution in [0.3, 0.4) is 0 Å². The van der Waals surface area contributed by atoms with E-state index in [-0.39, 0.29) is 0 Å². The zero-order valence-corrected chi connectivity index (χ0v) is 9.95. The van der Waals surface area contributed by atoms with Gasteiger partial charge in [-0.05, 0) is 30.7 Å². The predicted molar refractivity (Wildman–Crippen MR) is 61.1 cm³/mol. The summed E-state index contributed by atoms with van der Waals surface area (Å²) in [6.07, 6.45) is -2.90. The van der Waals surface area contributed by atoms with Gasteiger partial charge in [0.2, 0.25) is 0 Å². The summed E-state index contributed by atoms with van der Waals surface area (Å²) in [6, 6.07) is 3.16. The molecule has 0 aliphatic heterocycles. The van der Waals surface area contributed by atoms with E-state index in [1.54, 1.807) is 6.92 Å². The van der Waals surface area contributed by atoms with Crippen LogP contribution < -0.4 is 5.73 Å². The largest absolute Gasteiger partial charge is 0.419 e. The molecule has 3 nitrogen and oxygen atoms in total. The molecule has 1 atom stereocenters. The maximum absolute atomic E-state index is 13.2. The van der Waals surface area contributed by atoms with Crippen LogP contribution >= 0.6 is 0 Å². The Hall–Kier alpha value is -1.89. The Balaban J connectivity index is 2.50. The third-order valence-electron chi connectivity index (χ3n) is 2.64. The third-order valence-corrected chi connectivity index (χ3v) is 2.64. The van der Waals surface area contributed by atoms with Gasteiger partial charge in [-0.25, -0.2) is 9.07 Å². The number of hydrogen-bond acceptors (Lipinski definition) is 2. The lowest BCUT2D eigenvalue weighted by Crippen LogP contribution is -2.11. The summed E-state index contributed by atoms with van der Waals surface area (Å²) in [7, 11) is 0. The topological polar surface area (TPSA) is 43.8 Å². The van der Waals surface area contributed by atoms with Gasteiger partial charge in [0.25, 0.3) is 0 Å². The second kappa shape index (κ2) is 4.65. The molecule has 0 radical (unpaired) electrons. The van der Waals surface area contributed by atoms with Gasteiger partial charge < -0.3 is 5.73 Å². The fourth-order valence-corrected chi connectivity index (χ4v) is 1.70. The average Bonchev–Trinajstić information content (AvgIpc) is 2.77. The molecule has 0 saturated carbocycles. The van der Waals surface area contributed by atoms with Gasteiger partial charge in [-0.15, -0.1) is 0 Å².